The molecule has 0 N–H and O–H groups in total. The second-order valence-corrected chi connectivity index (χ2v) is 15.0. The minimum Gasteiger partial charge on any atom is -0.311 e. The van der Waals surface area contributed by atoms with Crippen LogP contribution in [0.2, 0.25) is 0 Å². The monoisotopic (exact) mass is 559 g/mol. The van der Waals surface area contributed by atoms with Gasteiger partial charge in [0.1, 0.15) is 15.4 Å². The summed E-state index contributed by atoms with van der Waals surface area (Å²) >= 11 is 1.63. The van der Waals surface area contributed by atoms with Gasteiger partial charge in [0.25, 0.3) is 0 Å². The Morgan fingerprint density at radius 1 is 0.537 bits per heavy atom. The van der Waals surface area contributed by atoms with E-state index in [2.05, 4.69) is 143 Å². The van der Waals surface area contributed by atoms with E-state index >= 15 is 0 Å². The molecule has 5 heteroatoms. The number of aromatic nitrogens is 2. The van der Waals surface area contributed by atoms with E-state index in [-0.39, 0.29) is 0 Å². The highest BCUT2D eigenvalue weighted by Crippen LogP contribution is 2.39. The average Bonchev–Trinajstić information content (AvgIpc) is 3.49. The summed E-state index contributed by atoms with van der Waals surface area (Å²) in [5.74, 6) is 0. The largest absolute Gasteiger partial charge is 0.311 e. The quantitative estimate of drug-likeness (QED) is 0.230. The maximum Gasteiger partial charge on any atom is 0.184 e. The minimum absolute atomic E-state index is 0.943. The van der Waals surface area contributed by atoms with Gasteiger partial charge in [-0.2, -0.15) is 0 Å². The molecule has 41 heavy (non-hydrogen) atoms. The first-order valence-electron chi connectivity index (χ1n) is 13.8. The molecule has 0 bridgehead atoms. The van der Waals surface area contributed by atoms with Crippen molar-refractivity contribution in [3.63, 3.8) is 0 Å². The van der Waals surface area contributed by atoms with Gasteiger partial charge in [-0.1, -0.05) is 108 Å². The van der Waals surface area contributed by atoms with Crippen molar-refractivity contribution in [1.82, 2.24) is 9.97 Å². The number of nitrogens with zero attached hydrogens (tertiary/aromatic N) is 3. The van der Waals surface area contributed by atoms with Crippen LogP contribution >= 0.6 is 11.3 Å². The number of thiazole rings is 1. The predicted molar refractivity (Wildman–Crippen MR) is 175 cm³/mol. The Morgan fingerprint density at radius 2 is 1.10 bits per heavy atom. The molecule has 0 saturated carbocycles. The zero-order valence-electron chi connectivity index (χ0n) is 22.2. The summed E-state index contributed by atoms with van der Waals surface area (Å²) in [6, 6.07) is 53.0. The predicted octanol–water partition coefficient (Wildman–Crippen LogP) is 6.52. The molecule has 1 aliphatic heterocycles. The number of anilines is 3. The zero-order chi connectivity index (χ0) is 27.2. The van der Waals surface area contributed by atoms with Gasteiger partial charge in [-0.3, -0.25) is 0 Å². The summed E-state index contributed by atoms with van der Waals surface area (Å²) in [4.78, 5) is 12.7. The molecule has 194 valence electrons. The van der Waals surface area contributed by atoms with Gasteiger partial charge in [0.15, 0.2) is 8.07 Å². The van der Waals surface area contributed by atoms with Crippen molar-refractivity contribution in [3.8, 4) is 10.6 Å². The van der Waals surface area contributed by atoms with Gasteiger partial charge in [0, 0.05) is 28.8 Å². The third kappa shape index (κ3) is 3.70. The van der Waals surface area contributed by atoms with Crippen LogP contribution in [0.4, 0.5) is 17.1 Å². The lowest BCUT2D eigenvalue weighted by Gasteiger charge is -2.45. The summed E-state index contributed by atoms with van der Waals surface area (Å²) in [5, 5.41) is 6.58. The number of pyridine rings is 1. The van der Waals surface area contributed by atoms with Crippen LogP contribution < -0.4 is 25.6 Å². The van der Waals surface area contributed by atoms with E-state index in [9.17, 15) is 0 Å². The highest BCUT2D eigenvalue weighted by atomic mass is 32.1. The van der Waals surface area contributed by atoms with Crippen LogP contribution in [0.3, 0.4) is 0 Å². The first-order chi connectivity index (χ1) is 20.3. The van der Waals surface area contributed by atoms with E-state index in [1.807, 2.05) is 18.3 Å². The summed E-state index contributed by atoms with van der Waals surface area (Å²) < 4.78 is 0. The molecule has 0 unspecified atom stereocenters. The van der Waals surface area contributed by atoms with Crippen LogP contribution in [0.1, 0.15) is 0 Å². The minimum atomic E-state index is -2.59. The molecular weight excluding hydrogens is 535 g/mol. The molecule has 0 spiro atoms. The van der Waals surface area contributed by atoms with Crippen LogP contribution in [0.5, 0.6) is 0 Å². The van der Waals surface area contributed by atoms with Crippen LogP contribution in [0.15, 0.2) is 152 Å². The Labute approximate surface area is 244 Å². The molecule has 3 heterocycles. The summed E-state index contributed by atoms with van der Waals surface area (Å²) in [6.07, 6.45) is 1.83. The molecule has 8 rings (SSSR count). The van der Waals surface area contributed by atoms with E-state index in [0.717, 1.165) is 26.6 Å². The lowest BCUT2D eigenvalue weighted by molar-refractivity contribution is 1.29. The standard InChI is InChI=1S/C36H25N3SSi/c1-3-12-28(13-4-1)41(29-14-5-2-6-15-29)33-19-9-7-17-31(33)39(32-18-8-10-20-34(32)41)27-23-21-26(22-24-27)35-38-30-16-11-25-37-36(30)40-35/h1-25H. The lowest BCUT2D eigenvalue weighted by atomic mass is 10.1. The second-order valence-electron chi connectivity index (χ2n) is 10.2. The van der Waals surface area contributed by atoms with E-state index in [1.54, 1.807) is 11.3 Å². The highest BCUT2D eigenvalue weighted by Gasteiger charge is 2.48. The summed E-state index contributed by atoms with van der Waals surface area (Å²) in [5.41, 5.74) is 5.66. The SMILES string of the molecule is c1ccc([Si]2(c3ccccc3)c3ccccc3N(c3ccc(-c4nc5cccnc5s4)cc3)c3ccccc32)cc1. The highest BCUT2D eigenvalue weighted by molar-refractivity contribution is 7.21. The number of fused-ring (bicyclic) bond motifs is 3. The van der Waals surface area contributed by atoms with Gasteiger partial charge < -0.3 is 4.90 Å². The fraction of sp³-hybridized carbons (Fsp3) is 0. The number of benzene rings is 5. The van der Waals surface area contributed by atoms with Gasteiger partial charge in [-0.25, -0.2) is 9.97 Å². The maximum absolute atomic E-state index is 4.83. The van der Waals surface area contributed by atoms with E-state index < -0.39 is 8.07 Å². The maximum atomic E-state index is 4.83. The van der Waals surface area contributed by atoms with Crippen LogP contribution in [-0.2, 0) is 0 Å². The fourth-order valence-electron chi connectivity index (χ4n) is 6.34. The van der Waals surface area contributed by atoms with Crippen LogP contribution in [-0.4, -0.2) is 18.0 Å². The molecule has 2 aromatic heterocycles. The van der Waals surface area contributed by atoms with Crippen molar-refractivity contribution >= 4 is 67.6 Å². The van der Waals surface area contributed by atoms with E-state index in [0.29, 0.717) is 0 Å². The topological polar surface area (TPSA) is 29.0 Å². The Bertz CT molecular complexity index is 1880. The van der Waals surface area contributed by atoms with Crippen molar-refractivity contribution in [2.45, 2.75) is 0 Å². The zero-order valence-corrected chi connectivity index (χ0v) is 24.0. The second kappa shape index (κ2) is 9.66. The Balaban J connectivity index is 1.34. The molecular formula is C36H25N3SSi. The molecule has 5 aromatic carbocycles. The third-order valence-electron chi connectivity index (χ3n) is 8.05. The Morgan fingerprint density at radius 3 is 1.68 bits per heavy atom. The molecule has 7 aromatic rings. The van der Waals surface area contributed by atoms with Crippen molar-refractivity contribution in [3.05, 3.63) is 152 Å². The van der Waals surface area contributed by atoms with Gasteiger partial charge >= 0.3 is 0 Å². The number of hydrogen-bond acceptors (Lipinski definition) is 4. The molecule has 1 aliphatic rings. The first kappa shape index (κ1) is 24.0. The third-order valence-corrected chi connectivity index (χ3v) is 13.9. The van der Waals surface area contributed by atoms with Crippen molar-refractivity contribution in [2.24, 2.45) is 0 Å². The average molecular weight is 560 g/mol. The van der Waals surface area contributed by atoms with Crippen LogP contribution in [0.25, 0.3) is 20.9 Å². The lowest BCUT2D eigenvalue weighted by Crippen LogP contribution is -2.77. The fourth-order valence-corrected chi connectivity index (χ4v) is 12.4. The number of hydrogen-bond donors (Lipinski definition) is 0. The molecule has 0 fully saturated rings. The summed E-state index contributed by atoms with van der Waals surface area (Å²) in [6.45, 7) is 0. The molecule has 0 amide bonds. The molecule has 0 radical (unpaired) electrons. The van der Waals surface area contributed by atoms with Gasteiger partial charge in [0.05, 0.1) is 0 Å². The molecule has 0 aliphatic carbocycles. The molecule has 0 saturated heterocycles. The van der Waals surface area contributed by atoms with Gasteiger partial charge in [0.2, 0.25) is 0 Å². The number of rotatable bonds is 4. The van der Waals surface area contributed by atoms with Gasteiger partial charge in [-0.15, -0.1) is 0 Å². The smallest absolute Gasteiger partial charge is 0.184 e. The van der Waals surface area contributed by atoms with E-state index in [1.165, 1.54) is 32.1 Å². The molecule has 0 atom stereocenters. The normalized spacial score (nSPS) is 13.5. The summed E-state index contributed by atoms with van der Waals surface area (Å²) in [7, 11) is -2.59. The van der Waals surface area contributed by atoms with Crippen molar-refractivity contribution in [1.29, 1.82) is 0 Å². The number of para-hydroxylation sites is 2. The van der Waals surface area contributed by atoms with Crippen LogP contribution in [0, 0.1) is 0 Å². The van der Waals surface area contributed by atoms with Crippen molar-refractivity contribution < 1.29 is 0 Å². The first-order valence-corrected chi connectivity index (χ1v) is 16.6. The van der Waals surface area contributed by atoms with E-state index in [4.69, 9.17) is 4.98 Å². The Kier molecular flexibility index (Phi) is 5.65. The molecule has 3 nitrogen and oxygen atoms in total. The Hall–Kier alpha value is -4.84. The van der Waals surface area contributed by atoms with Crippen molar-refractivity contribution in [2.75, 3.05) is 4.90 Å². The van der Waals surface area contributed by atoms with Gasteiger partial charge in [-0.05, 0) is 69.3 Å².